The van der Waals surface area contributed by atoms with E-state index in [0.29, 0.717) is 57.5 Å². The number of alkyl halides is 3. The fraction of sp³-hybridized carbons (Fsp3) is 0.500. The number of nitrogens with zero attached hydrogens (tertiary/aromatic N) is 4. The number of amides is 2. The summed E-state index contributed by atoms with van der Waals surface area (Å²) in [4.78, 5) is 47.9. The Bertz CT molecular complexity index is 2050. The first-order chi connectivity index (χ1) is 27.1. The maximum Gasteiger partial charge on any atom is 0.408 e. The van der Waals surface area contributed by atoms with Crippen molar-refractivity contribution in [3.63, 3.8) is 0 Å². The highest BCUT2D eigenvalue weighted by atomic mass is 19.4. The summed E-state index contributed by atoms with van der Waals surface area (Å²) < 4.78 is 55.5. The molecule has 3 atom stereocenters. The van der Waals surface area contributed by atoms with Crippen molar-refractivity contribution in [2.75, 3.05) is 20.3 Å². The van der Waals surface area contributed by atoms with Crippen LogP contribution in [-0.2, 0) is 38.4 Å². The first kappa shape index (κ1) is 45.6. The number of alkyl carbamates (subject to hydrolysis) is 1. The molecule has 0 spiro atoms. The first-order valence-electron chi connectivity index (χ1n) is 19.1. The summed E-state index contributed by atoms with van der Waals surface area (Å²) >= 11 is 0. The number of allylic oxidation sites excluding steroid dienone is 2. The van der Waals surface area contributed by atoms with E-state index < -0.39 is 59.9 Å². The molecule has 2 amide bonds. The van der Waals surface area contributed by atoms with Crippen molar-refractivity contribution in [3.8, 4) is 11.3 Å². The quantitative estimate of drug-likeness (QED) is 0.0947. The second kappa shape index (κ2) is 18.7. The number of fused-ring (bicyclic) bond motifs is 1. The second-order valence-electron chi connectivity index (χ2n) is 16.1. The van der Waals surface area contributed by atoms with Gasteiger partial charge in [0.05, 0.1) is 23.2 Å². The lowest BCUT2D eigenvalue weighted by Gasteiger charge is -2.34. The van der Waals surface area contributed by atoms with E-state index in [1.54, 1.807) is 71.0 Å². The van der Waals surface area contributed by atoms with Gasteiger partial charge in [0.25, 0.3) is 5.91 Å². The smallest absolute Gasteiger partial charge is 0.408 e. The SMILES string of the molecule is C=C/C(=C(\N=C/C)[C@H](C)OC)c1c(CC(C)(C)CO)c2cc(-c3cccc(C[C@H](NC(=O)OC(C)(C)C)C(=O)N4CCCC(C(=O)O)N4)n3)ccc2n1CC(F)(F)F. The van der Waals surface area contributed by atoms with Gasteiger partial charge in [-0.3, -0.25) is 24.6 Å². The van der Waals surface area contributed by atoms with E-state index in [9.17, 15) is 37.8 Å². The number of carboxylic acids is 1. The number of pyridine rings is 1. The lowest BCUT2D eigenvalue weighted by atomic mass is 9.84. The van der Waals surface area contributed by atoms with E-state index in [0.717, 1.165) is 0 Å². The molecule has 4 rings (SSSR count). The van der Waals surface area contributed by atoms with Crippen LogP contribution < -0.4 is 10.7 Å². The summed E-state index contributed by atoms with van der Waals surface area (Å²) in [6, 6.07) is 7.95. The Hall–Kier alpha value is -5.06. The number of ether oxygens (including phenoxy) is 2. The molecule has 58 heavy (non-hydrogen) atoms. The highest BCUT2D eigenvalue weighted by molar-refractivity contribution is 5.95. The maximum absolute atomic E-state index is 14.4. The molecular formula is C42H55F3N6O7. The molecule has 1 unspecified atom stereocenters. The number of rotatable bonds is 15. The number of benzene rings is 1. The van der Waals surface area contributed by atoms with Crippen molar-refractivity contribution in [2.45, 2.75) is 111 Å². The van der Waals surface area contributed by atoms with Crippen molar-refractivity contribution in [1.29, 1.82) is 0 Å². The summed E-state index contributed by atoms with van der Waals surface area (Å²) in [5.41, 5.74) is 4.32. The molecule has 0 aliphatic carbocycles. The molecule has 4 N–H and O–H groups in total. The maximum atomic E-state index is 14.4. The van der Waals surface area contributed by atoms with E-state index >= 15 is 0 Å². The summed E-state index contributed by atoms with van der Waals surface area (Å²) in [5.74, 6) is -1.69. The number of carbonyl (C=O) groups is 3. The standard InChI is InChI=1S/C42H55F3N6O7/c1-10-28(35(46-11-2)25(3)57-9)36-30(22-41(7,8)24-52)29-20-26(17-18-34(29)50(36)23-42(43,44)45)31-15-12-14-27(47-31)21-33(48-39(56)58-40(4,5)6)37(53)51-19-13-16-32(49-51)38(54)55/h10-12,14-15,17-18,20,25,32-33,49,52H,1,13,16,19,21-24H2,2-9H3,(H,48,56)(H,54,55)/b35-28+,46-11-/t25-,32?,33-/m0/s1. The van der Waals surface area contributed by atoms with Gasteiger partial charge >= 0.3 is 18.2 Å². The first-order valence-corrected chi connectivity index (χ1v) is 19.1. The number of hydrogen-bond acceptors (Lipinski definition) is 9. The van der Waals surface area contributed by atoms with Gasteiger partial charge in [0.15, 0.2) is 0 Å². The molecule has 1 aliphatic heterocycles. The third kappa shape index (κ3) is 11.5. The lowest BCUT2D eigenvalue weighted by molar-refractivity contribution is -0.148. The number of aliphatic hydroxyl groups is 1. The van der Waals surface area contributed by atoms with Crippen LogP contribution in [0.4, 0.5) is 18.0 Å². The number of hydrazine groups is 1. The van der Waals surface area contributed by atoms with Gasteiger partial charge in [-0.2, -0.15) is 13.2 Å². The molecule has 316 valence electrons. The fourth-order valence-electron chi connectivity index (χ4n) is 6.84. The Morgan fingerprint density at radius 3 is 2.45 bits per heavy atom. The molecule has 0 bridgehead atoms. The Kier molecular flexibility index (Phi) is 14.7. The molecule has 0 saturated carbocycles. The van der Waals surface area contributed by atoms with Gasteiger partial charge in [-0.15, -0.1) is 0 Å². The van der Waals surface area contributed by atoms with E-state index in [4.69, 9.17) is 14.5 Å². The van der Waals surface area contributed by atoms with Gasteiger partial charge in [0, 0.05) is 60.6 Å². The highest BCUT2D eigenvalue weighted by Crippen LogP contribution is 2.41. The number of hydrogen-bond donors (Lipinski definition) is 4. The third-order valence-electron chi connectivity index (χ3n) is 9.59. The highest BCUT2D eigenvalue weighted by Gasteiger charge is 2.36. The summed E-state index contributed by atoms with van der Waals surface area (Å²) in [7, 11) is 1.48. The number of nitrogens with one attached hydrogen (secondary N) is 2. The van der Waals surface area contributed by atoms with Gasteiger partial charge in [-0.1, -0.05) is 38.6 Å². The van der Waals surface area contributed by atoms with Crippen molar-refractivity contribution < 1.29 is 47.2 Å². The number of aromatic nitrogens is 2. The normalized spacial score (nSPS) is 16.9. The van der Waals surface area contributed by atoms with Crippen LogP contribution in [0.1, 0.15) is 78.3 Å². The average molecular weight is 813 g/mol. The van der Waals surface area contributed by atoms with E-state index in [-0.39, 0.29) is 31.7 Å². The van der Waals surface area contributed by atoms with Crippen molar-refractivity contribution in [3.05, 3.63) is 71.7 Å². The van der Waals surface area contributed by atoms with Crippen LogP contribution in [0.15, 0.2) is 59.7 Å². The Morgan fingerprint density at radius 2 is 1.86 bits per heavy atom. The van der Waals surface area contributed by atoms with Crippen LogP contribution >= 0.6 is 0 Å². The predicted octanol–water partition coefficient (Wildman–Crippen LogP) is 6.87. The number of carbonyl (C=O) groups excluding carboxylic acids is 2. The molecule has 13 nitrogen and oxygen atoms in total. The topological polar surface area (TPSA) is 168 Å². The summed E-state index contributed by atoms with van der Waals surface area (Å²) in [6.45, 7) is 14.8. The molecule has 2 aromatic heterocycles. The Labute approximate surface area is 337 Å². The zero-order valence-electron chi connectivity index (χ0n) is 34.4. The number of aliphatic carboxylic acids is 1. The largest absolute Gasteiger partial charge is 0.480 e. The fourth-order valence-corrected chi connectivity index (χ4v) is 6.84. The summed E-state index contributed by atoms with van der Waals surface area (Å²) in [5, 5.41) is 24.3. The minimum absolute atomic E-state index is 0.0992. The van der Waals surface area contributed by atoms with Crippen molar-refractivity contribution >= 4 is 40.7 Å². The average Bonchev–Trinajstić information content (AvgIpc) is 3.42. The van der Waals surface area contributed by atoms with Crippen LogP contribution in [0.3, 0.4) is 0 Å². The van der Waals surface area contributed by atoms with E-state index in [2.05, 4.69) is 22.3 Å². The molecule has 16 heteroatoms. The molecule has 3 heterocycles. The second-order valence-corrected chi connectivity index (χ2v) is 16.1. The Balaban J connectivity index is 1.90. The number of halogens is 3. The van der Waals surface area contributed by atoms with Crippen molar-refractivity contribution in [2.24, 2.45) is 10.4 Å². The molecule has 1 aromatic carbocycles. The van der Waals surface area contributed by atoms with E-state index in [1.165, 1.54) is 29.0 Å². The zero-order chi connectivity index (χ0) is 43.2. The molecule has 1 fully saturated rings. The number of carboxylic acid groups (broad SMARTS) is 1. The van der Waals surface area contributed by atoms with Crippen LogP contribution in [0, 0.1) is 5.41 Å². The van der Waals surface area contributed by atoms with Crippen LogP contribution in [-0.4, -0.2) is 99.2 Å². The molecule has 3 aromatic rings. The molecule has 1 aliphatic rings. The third-order valence-corrected chi connectivity index (χ3v) is 9.59. The van der Waals surface area contributed by atoms with Gasteiger partial charge in [0.2, 0.25) is 0 Å². The van der Waals surface area contributed by atoms with Crippen molar-refractivity contribution in [1.82, 2.24) is 25.3 Å². The van der Waals surface area contributed by atoms with Gasteiger partial charge in [-0.25, -0.2) is 10.2 Å². The van der Waals surface area contributed by atoms with E-state index in [1.807, 2.05) is 13.8 Å². The molecular weight excluding hydrogens is 757 g/mol. The minimum Gasteiger partial charge on any atom is -0.480 e. The predicted molar refractivity (Wildman–Crippen MR) is 216 cm³/mol. The summed E-state index contributed by atoms with van der Waals surface area (Å²) in [6.07, 6.45) is -2.21. The zero-order valence-corrected chi connectivity index (χ0v) is 34.4. The monoisotopic (exact) mass is 812 g/mol. The lowest BCUT2D eigenvalue weighted by Crippen LogP contribution is -2.60. The van der Waals surface area contributed by atoms with Crippen LogP contribution in [0.2, 0.25) is 0 Å². The number of methoxy groups -OCH3 is 1. The number of aliphatic imine (C=N–C) groups is 1. The molecule has 0 radical (unpaired) electrons. The molecule has 1 saturated heterocycles. The van der Waals surface area contributed by atoms with Crippen LogP contribution in [0.25, 0.3) is 27.7 Å². The Morgan fingerprint density at radius 1 is 1.16 bits per heavy atom. The number of aliphatic hydroxyl groups excluding tert-OH is 1. The van der Waals surface area contributed by atoms with Gasteiger partial charge in [-0.05, 0) is 89.1 Å². The van der Waals surface area contributed by atoms with Crippen LogP contribution in [0.5, 0.6) is 0 Å². The van der Waals surface area contributed by atoms with Gasteiger partial charge in [0.1, 0.15) is 24.2 Å². The van der Waals surface area contributed by atoms with Gasteiger partial charge < -0.3 is 29.6 Å². The minimum atomic E-state index is -4.61.